The van der Waals surface area contributed by atoms with Crippen molar-refractivity contribution in [2.75, 3.05) is 20.2 Å². The van der Waals surface area contributed by atoms with Gasteiger partial charge in [-0.2, -0.15) is 0 Å². The molecule has 0 aliphatic carbocycles. The number of hydrogen-bond donors (Lipinski definition) is 0. The Kier molecular flexibility index (Phi) is 6.69. The van der Waals surface area contributed by atoms with Crippen LogP contribution in [0.5, 0.6) is 0 Å². The van der Waals surface area contributed by atoms with E-state index in [1.54, 1.807) is 0 Å². The summed E-state index contributed by atoms with van der Waals surface area (Å²) >= 11 is 0. The van der Waals surface area contributed by atoms with Crippen LogP contribution >= 0.6 is 0 Å². The second-order valence-electron chi connectivity index (χ2n) is 6.00. The molecule has 0 bridgehead atoms. The van der Waals surface area contributed by atoms with E-state index in [2.05, 4.69) is 25.7 Å². The van der Waals surface area contributed by atoms with Crippen molar-refractivity contribution < 1.29 is 9.53 Å². The van der Waals surface area contributed by atoms with Gasteiger partial charge < -0.3 is 9.64 Å². The third-order valence-corrected chi connectivity index (χ3v) is 4.16. The van der Waals surface area contributed by atoms with Gasteiger partial charge in [0.1, 0.15) is 0 Å². The predicted octanol–water partition coefficient (Wildman–Crippen LogP) is 3.09. The van der Waals surface area contributed by atoms with Crippen molar-refractivity contribution in [3.05, 3.63) is 0 Å². The van der Waals surface area contributed by atoms with Crippen LogP contribution in [0.3, 0.4) is 0 Å². The summed E-state index contributed by atoms with van der Waals surface area (Å²) in [6.07, 6.45) is 5.41. The standard InChI is InChI=1S/C15H29NO2/c1-12(2)14-8-7-13(3)9-11-16(14)10-5-6-15(17)18-4/h12-14H,5-11H2,1-4H3. The highest BCUT2D eigenvalue weighted by Crippen LogP contribution is 2.26. The average Bonchev–Trinajstić information content (AvgIpc) is 2.51. The summed E-state index contributed by atoms with van der Waals surface area (Å²) in [4.78, 5) is 13.7. The molecule has 2 unspecified atom stereocenters. The summed E-state index contributed by atoms with van der Waals surface area (Å²) in [5, 5.41) is 0. The van der Waals surface area contributed by atoms with E-state index in [4.69, 9.17) is 4.74 Å². The number of nitrogens with zero attached hydrogens (tertiary/aromatic N) is 1. The third-order valence-electron chi connectivity index (χ3n) is 4.16. The Hall–Kier alpha value is -0.570. The summed E-state index contributed by atoms with van der Waals surface area (Å²) < 4.78 is 4.70. The molecule has 0 radical (unpaired) electrons. The maximum atomic E-state index is 11.1. The zero-order valence-corrected chi connectivity index (χ0v) is 12.4. The molecule has 1 rings (SSSR count). The van der Waals surface area contributed by atoms with Gasteiger partial charge in [0.25, 0.3) is 0 Å². The molecule has 0 aromatic rings. The number of likely N-dealkylation sites (tertiary alicyclic amines) is 1. The van der Waals surface area contributed by atoms with Gasteiger partial charge in [0, 0.05) is 12.5 Å². The first-order valence-electron chi connectivity index (χ1n) is 7.35. The van der Waals surface area contributed by atoms with Gasteiger partial charge >= 0.3 is 5.97 Å². The fraction of sp³-hybridized carbons (Fsp3) is 0.933. The van der Waals surface area contributed by atoms with Crippen molar-refractivity contribution in [3.8, 4) is 0 Å². The van der Waals surface area contributed by atoms with Crippen LogP contribution in [0.15, 0.2) is 0 Å². The lowest BCUT2D eigenvalue weighted by Crippen LogP contribution is -2.39. The molecule has 3 nitrogen and oxygen atoms in total. The highest BCUT2D eigenvalue weighted by Gasteiger charge is 2.25. The Labute approximate surface area is 112 Å². The molecule has 0 aromatic heterocycles. The number of carbonyl (C=O) groups excluding carboxylic acids is 1. The van der Waals surface area contributed by atoms with Crippen LogP contribution in [0.25, 0.3) is 0 Å². The van der Waals surface area contributed by atoms with Gasteiger partial charge in [0.15, 0.2) is 0 Å². The van der Waals surface area contributed by atoms with Gasteiger partial charge in [-0.3, -0.25) is 4.79 Å². The normalized spacial score (nSPS) is 26.1. The van der Waals surface area contributed by atoms with E-state index in [0.717, 1.165) is 18.9 Å². The molecule has 0 spiro atoms. The van der Waals surface area contributed by atoms with Crippen LogP contribution in [0.2, 0.25) is 0 Å². The second-order valence-corrected chi connectivity index (χ2v) is 6.00. The van der Waals surface area contributed by atoms with Crippen LogP contribution in [0.4, 0.5) is 0 Å². The molecular formula is C15H29NO2. The molecular weight excluding hydrogens is 226 g/mol. The van der Waals surface area contributed by atoms with Crippen molar-refractivity contribution in [1.82, 2.24) is 4.90 Å². The minimum absolute atomic E-state index is 0.0840. The second kappa shape index (κ2) is 7.78. The van der Waals surface area contributed by atoms with E-state index in [0.29, 0.717) is 18.4 Å². The van der Waals surface area contributed by atoms with Gasteiger partial charge in [-0.25, -0.2) is 0 Å². The highest BCUT2D eigenvalue weighted by molar-refractivity contribution is 5.69. The molecule has 106 valence electrons. The monoisotopic (exact) mass is 255 g/mol. The summed E-state index contributed by atoms with van der Waals surface area (Å²) in [7, 11) is 1.47. The summed E-state index contributed by atoms with van der Waals surface area (Å²) in [6.45, 7) is 9.20. The van der Waals surface area contributed by atoms with Crippen LogP contribution in [-0.2, 0) is 9.53 Å². The Bertz CT molecular complexity index is 253. The van der Waals surface area contributed by atoms with Gasteiger partial charge in [0.05, 0.1) is 7.11 Å². The molecule has 1 fully saturated rings. The first kappa shape index (κ1) is 15.5. The summed E-state index contributed by atoms with van der Waals surface area (Å²) in [5.41, 5.74) is 0. The minimum Gasteiger partial charge on any atom is -0.469 e. The van der Waals surface area contributed by atoms with Crippen LogP contribution in [0.1, 0.15) is 52.9 Å². The first-order chi connectivity index (χ1) is 8.54. The van der Waals surface area contributed by atoms with Crippen LogP contribution in [0, 0.1) is 11.8 Å². The molecule has 0 aromatic carbocycles. The van der Waals surface area contributed by atoms with E-state index in [-0.39, 0.29) is 5.97 Å². The average molecular weight is 255 g/mol. The largest absolute Gasteiger partial charge is 0.469 e. The van der Waals surface area contributed by atoms with Crippen molar-refractivity contribution in [2.24, 2.45) is 11.8 Å². The summed E-state index contributed by atoms with van der Waals surface area (Å²) in [6, 6.07) is 0.688. The third kappa shape index (κ3) is 4.97. The van der Waals surface area contributed by atoms with Crippen molar-refractivity contribution in [1.29, 1.82) is 0 Å². The molecule has 1 aliphatic heterocycles. The van der Waals surface area contributed by atoms with Gasteiger partial charge in [0.2, 0.25) is 0 Å². The molecule has 0 saturated carbocycles. The SMILES string of the molecule is COC(=O)CCCN1CCC(C)CCC1C(C)C. The summed E-state index contributed by atoms with van der Waals surface area (Å²) in [5.74, 6) is 1.46. The zero-order valence-electron chi connectivity index (χ0n) is 12.4. The van der Waals surface area contributed by atoms with Crippen LogP contribution < -0.4 is 0 Å². The van der Waals surface area contributed by atoms with E-state index >= 15 is 0 Å². The molecule has 1 saturated heterocycles. The number of methoxy groups -OCH3 is 1. The van der Waals surface area contributed by atoms with Gasteiger partial charge in [-0.1, -0.05) is 20.8 Å². The molecule has 1 heterocycles. The Morgan fingerprint density at radius 3 is 2.67 bits per heavy atom. The highest BCUT2D eigenvalue weighted by atomic mass is 16.5. The first-order valence-corrected chi connectivity index (χ1v) is 7.35. The number of esters is 1. The van der Waals surface area contributed by atoms with Crippen molar-refractivity contribution >= 4 is 5.97 Å². The maximum Gasteiger partial charge on any atom is 0.305 e. The van der Waals surface area contributed by atoms with Crippen molar-refractivity contribution in [3.63, 3.8) is 0 Å². The number of carbonyl (C=O) groups is 1. The maximum absolute atomic E-state index is 11.1. The fourth-order valence-electron chi connectivity index (χ4n) is 2.90. The minimum atomic E-state index is -0.0840. The molecule has 2 atom stereocenters. The van der Waals surface area contributed by atoms with Gasteiger partial charge in [-0.15, -0.1) is 0 Å². The van der Waals surface area contributed by atoms with E-state index < -0.39 is 0 Å². The molecule has 0 N–H and O–H groups in total. The Balaban J connectivity index is 2.45. The van der Waals surface area contributed by atoms with Crippen LogP contribution in [-0.4, -0.2) is 37.1 Å². The fourth-order valence-corrected chi connectivity index (χ4v) is 2.90. The molecule has 3 heteroatoms. The quantitative estimate of drug-likeness (QED) is 0.707. The van der Waals surface area contributed by atoms with E-state index in [1.165, 1.54) is 32.9 Å². The van der Waals surface area contributed by atoms with Gasteiger partial charge in [-0.05, 0) is 50.6 Å². The predicted molar refractivity (Wildman–Crippen MR) is 74.5 cm³/mol. The lowest BCUT2D eigenvalue weighted by molar-refractivity contribution is -0.140. The molecule has 18 heavy (non-hydrogen) atoms. The topological polar surface area (TPSA) is 29.5 Å². The Morgan fingerprint density at radius 2 is 2.06 bits per heavy atom. The van der Waals surface area contributed by atoms with Crippen molar-refractivity contribution in [2.45, 2.75) is 58.9 Å². The zero-order chi connectivity index (χ0) is 13.5. The smallest absolute Gasteiger partial charge is 0.305 e. The lowest BCUT2D eigenvalue weighted by Gasteiger charge is -2.32. The Morgan fingerprint density at radius 1 is 1.33 bits per heavy atom. The lowest BCUT2D eigenvalue weighted by atomic mass is 9.95. The number of ether oxygens (including phenoxy) is 1. The van der Waals surface area contributed by atoms with E-state index in [9.17, 15) is 4.79 Å². The number of hydrogen-bond acceptors (Lipinski definition) is 3. The molecule has 0 amide bonds. The number of rotatable bonds is 5. The molecule has 1 aliphatic rings. The van der Waals surface area contributed by atoms with E-state index in [1.807, 2.05) is 0 Å².